The van der Waals surface area contributed by atoms with Gasteiger partial charge in [0.05, 0.1) is 6.42 Å². The summed E-state index contributed by atoms with van der Waals surface area (Å²) in [5, 5.41) is 0. The lowest BCUT2D eigenvalue weighted by atomic mass is 10.1. The van der Waals surface area contributed by atoms with Gasteiger partial charge < -0.3 is 14.2 Å². The highest BCUT2D eigenvalue weighted by atomic mass is 16.6. The van der Waals surface area contributed by atoms with Crippen LogP contribution in [0.25, 0.3) is 0 Å². The van der Waals surface area contributed by atoms with Crippen LogP contribution in [0.4, 0.5) is 0 Å². The largest absolute Gasteiger partial charge is 0.462 e. The van der Waals surface area contributed by atoms with Crippen LogP contribution in [0.3, 0.4) is 0 Å². The van der Waals surface area contributed by atoms with Crippen molar-refractivity contribution in [3.63, 3.8) is 0 Å². The first-order valence-electron chi connectivity index (χ1n) is 33.0. The van der Waals surface area contributed by atoms with Gasteiger partial charge >= 0.3 is 17.9 Å². The van der Waals surface area contributed by atoms with Gasteiger partial charge in [0.2, 0.25) is 0 Å². The third-order valence-electron chi connectivity index (χ3n) is 13.5. The molecule has 456 valence electrons. The summed E-state index contributed by atoms with van der Waals surface area (Å²) in [6.07, 6.45) is 98.5. The van der Waals surface area contributed by atoms with E-state index in [0.29, 0.717) is 12.8 Å². The van der Waals surface area contributed by atoms with Crippen molar-refractivity contribution in [2.75, 3.05) is 13.2 Å². The van der Waals surface area contributed by atoms with Crippen LogP contribution in [-0.2, 0) is 28.6 Å². The molecule has 0 aromatic heterocycles. The lowest BCUT2D eigenvalue weighted by Crippen LogP contribution is -2.30. The molecular weight excluding hydrogens is 997 g/mol. The first-order chi connectivity index (χ1) is 40.0. The molecule has 0 aliphatic rings. The fourth-order valence-electron chi connectivity index (χ4n) is 8.67. The van der Waals surface area contributed by atoms with Gasteiger partial charge in [-0.3, -0.25) is 14.4 Å². The summed E-state index contributed by atoms with van der Waals surface area (Å²) in [4.78, 5) is 38.3. The van der Waals surface area contributed by atoms with E-state index in [1.807, 2.05) is 6.08 Å². The summed E-state index contributed by atoms with van der Waals surface area (Å²) < 4.78 is 16.8. The quantitative estimate of drug-likeness (QED) is 0.0261. The van der Waals surface area contributed by atoms with Gasteiger partial charge in [0, 0.05) is 12.8 Å². The van der Waals surface area contributed by atoms with Gasteiger partial charge in [-0.2, -0.15) is 0 Å². The molecule has 0 saturated heterocycles. The Labute approximate surface area is 499 Å². The van der Waals surface area contributed by atoms with Crippen molar-refractivity contribution in [1.82, 2.24) is 0 Å². The van der Waals surface area contributed by atoms with E-state index in [1.54, 1.807) is 6.08 Å². The Morgan fingerprint density at radius 2 is 0.531 bits per heavy atom. The van der Waals surface area contributed by atoms with Gasteiger partial charge in [0.25, 0.3) is 0 Å². The molecule has 1 unspecified atom stereocenters. The van der Waals surface area contributed by atoms with Gasteiger partial charge in [0.15, 0.2) is 6.10 Å². The van der Waals surface area contributed by atoms with Crippen molar-refractivity contribution >= 4 is 17.9 Å². The predicted octanol–water partition coefficient (Wildman–Crippen LogP) is 22.9. The molecule has 0 aliphatic carbocycles. The van der Waals surface area contributed by atoms with Crippen LogP contribution in [-0.4, -0.2) is 37.2 Å². The van der Waals surface area contributed by atoms with Crippen molar-refractivity contribution in [3.8, 4) is 0 Å². The maximum absolute atomic E-state index is 12.9. The van der Waals surface area contributed by atoms with Crippen molar-refractivity contribution in [2.24, 2.45) is 0 Å². The second-order valence-electron chi connectivity index (χ2n) is 21.3. The zero-order valence-corrected chi connectivity index (χ0v) is 52.2. The zero-order valence-electron chi connectivity index (χ0n) is 52.2. The van der Waals surface area contributed by atoms with E-state index in [2.05, 4.69) is 167 Å². The van der Waals surface area contributed by atoms with Crippen LogP contribution < -0.4 is 0 Å². The molecule has 0 aliphatic heterocycles. The SMILES string of the molecule is CC/C=C\C/C=C\C/C=C\C/C=C\C/C=C\C/C=C\C/C=C\CCCCCCCCCCCC(=O)OCC(COC(=O)C/C=C\C/C=C\C/C=C\C/C=C\C/C=C\CC)OC(=O)CCCCCCCCC/C=C\CCCCCCCC. The van der Waals surface area contributed by atoms with Crippen molar-refractivity contribution in [3.05, 3.63) is 158 Å². The van der Waals surface area contributed by atoms with E-state index < -0.39 is 12.1 Å². The minimum atomic E-state index is -0.831. The number of unbranched alkanes of at least 4 members (excludes halogenated alkanes) is 22. The average molecular weight is 1120 g/mol. The van der Waals surface area contributed by atoms with E-state index in [4.69, 9.17) is 14.2 Å². The molecule has 81 heavy (non-hydrogen) atoms. The molecule has 0 aromatic rings. The molecular formula is C75H120O6. The standard InChI is InChI=1S/C75H120O6/c1-4-7-10-13-16-19-22-25-28-30-31-32-33-34-35-36-37-38-39-40-41-42-43-45-47-50-53-56-59-62-65-68-74(77)80-71-72(70-79-73(76)67-64-61-58-55-52-49-46-27-24-21-18-15-12-9-6-3)81-75(78)69-66-63-60-57-54-51-48-44-29-26-23-20-17-14-11-8-5-2/h7,9-10,12,16,18-19,21,25-29,31-32,34-35,37-38,40-41,46,52,55,61,64,72H,4-6,8,11,13-15,17,20,22-24,30,33,36,39,42-45,47-51,53-54,56-60,62-63,65-71H2,1-3H3/b10-7-,12-9-,19-16-,21-18-,28-25-,29-26-,32-31-,35-34-,38-37-,41-40-,46-27-,55-52-,64-61-. The van der Waals surface area contributed by atoms with Gasteiger partial charge in [-0.15, -0.1) is 0 Å². The second-order valence-corrected chi connectivity index (χ2v) is 21.3. The molecule has 0 amide bonds. The van der Waals surface area contributed by atoms with Gasteiger partial charge in [-0.05, 0) is 128 Å². The van der Waals surface area contributed by atoms with Gasteiger partial charge in [0.1, 0.15) is 13.2 Å². The summed E-state index contributed by atoms with van der Waals surface area (Å²) in [5.74, 6) is -1.06. The van der Waals surface area contributed by atoms with E-state index in [-0.39, 0.29) is 31.6 Å². The maximum atomic E-state index is 12.9. The maximum Gasteiger partial charge on any atom is 0.309 e. The van der Waals surface area contributed by atoms with Crippen molar-refractivity contribution in [2.45, 2.75) is 284 Å². The number of rotatable bonds is 58. The lowest BCUT2D eigenvalue weighted by Gasteiger charge is -2.18. The Balaban J connectivity index is 4.39. The number of ether oxygens (including phenoxy) is 3. The molecule has 6 nitrogen and oxygen atoms in total. The molecule has 0 bridgehead atoms. The van der Waals surface area contributed by atoms with Crippen molar-refractivity contribution in [1.29, 1.82) is 0 Å². The molecule has 0 N–H and O–H groups in total. The molecule has 1 atom stereocenters. The number of carbonyl (C=O) groups is 3. The third kappa shape index (κ3) is 65.7. The fourth-order valence-corrected chi connectivity index (χ4v) is 8.67. The van der Waals surface area contributed by atoms with E-state index in [1.165, 1.54) is 116 Å². The molecule has 0 fully saturated rings. The van der Waals surface area contributed by atoms with Gasteiger partial charge in [-0.25, -0.2) is 0 Å². The van der Waals surface area contributed by atoms with Crippen LogP contribution in [0, 0.1) is 0 Å². The highest BCUT2D eigenvalue weighted by molar-refractivity contribution is 5.72. The van der Waals surface area contributed by atoms with Crippen LogP contribution in [0.1, 0.15) is 278 Å². The van der Waals surface area contributed by atoms with Crippen LogP contribution >= 0.6 is 0 Å². The molecule has 0 saturated carbocycles. The number of carbonyl (C=O) groups excluding carboxylic acids is 3. The number of hydrogen-bond acceptors (Lipinski definition) is 6. The molecule has 6 heteroatoms. The molecule has 0 rings (SSSR count). The topological polar surface area (TPSA) is 78.9 Å². The van der Waals surface area contributed by atoms with Crippen LogP contribution in [0.15, 0.2) is 158 Å². The number of esters is 3. The van der Waals surface area contributed by atoms with E-state index in [9.17, 15) is 14.4 Å². The molecule has 0 heterocycles. The van der Waals surface area contributed by atoms with Gasteiger partial charge in [-0.1, -0.05) is 288 Å². The van der Waals surface area contributed by atoms with Crippen LogP contribution in [0.5, 0.6) is 0 Å². The minimum Gasteiger partial charge on any atom is -0.462 e. The highest BCUT2D eigenvalue weighted by Crippen LogP contribution is 2.15. The Morgan fingerprint density at radius 1 is 0.272 bits per heavy atom. The van der Waals surface area contributed by atoms with E-state index in [0.717, 1.165) is 122 Å². The Hall–Kier alpha value is -4.97. The molecule has 0 aromatic carbocycles. The number of hydrogen-bond donors (Lipinski definition) is 0. The van der Waals surface area contributed by atoms with E-state index >= 15 is 0 Å². The monoisotopic (exact) mass is 1120 g/mol. The zero-order chi connectivity index (χ0) is 58.5. The fraction of sp³-hybridized carbons (Fsp3) is 0.613. The molecule has 0 radical (unpaired) electrons. The van der Waals surface area contributed by atoms with Crippen LogP contribution in [0.2, 0.25) is 0 Å². The normalized spacial score (nSPS) is 13.2. The summed E-state index contributed by atoms with van der Waals surface area (Å²) in [5.41, 5.74) is 0. The predicted molar refractivity (Wildman–Crippen MR) is 352 cm³/mol. The Kier molecular flexibility index (Phi) is 63.4. The Bertz CT molecular complexity index is 1810. The summed E-state index contributed by atoms with van der Waals surface area (Å²) in [6.45, 7) is 6.31. The number of allylic oxidation sites excluding steroid dienone is 25. The summed E-state index contributed by atoms with van der Waals surface area (Å²) >= 11 is 0. The third-order valence-corrected chi connectivity index (χ3v) is 13.5. The minimum absolute atomic E-state index is 0.118. The molecule has 0 spiro atoms. The summed E-state index contributed by atoms with van der Waals surface area (Å²) in [6, 6.07) is 0. The first kappa shape index (κ1) is 76.0. The average Bonchev–Trinajstić information content (AvgIpc) is 3.47. The smallest absolute Gasteiger partial charge is 0.309 e. The van der Waals surface area contributed by atoms with Crippen molar-refractivity contribution < 1.29 is 28.6 Å². The highest BCUT2D eigenvalue weighted by Gasteiger charge is 2.19. The Morgan fingerprint density at radius 3 is 0.877 bits per heavy atom. The summed E-state index contributed by atoms with van der Waals surface area (Å²) in [7, 11) is 0. The first-order valence-corrected chi connectivity index (χ1v) is 33.0. The lowest BCUT2D eigenvalue weighted by molar-refractivity contribution is -0.166. The second kappa shape index (κ2) is 67.5.